The number of hydrogen-bond acceptors (Lipinski definition) is 3. The Morgan fingerprint density at radius 3 is 3.06 bits per heavy atom. The van der Waals surface area contributed by atoms with Crippen LogP contribution >= 0.6 is 11.6 Å². The Morgan fingerprint density at radius 1 is 1.59 bits per heavy atom. The van der Waals surface area contributed by atoms with Crippen LogP contribution in [0.1, 0.15) is 12.5 Å². The van der Waals surface area contributed by atoms with Crippen molar-refractivity contribution in [1.29, 1.82) is 0 Å². The fraction of sp³-hybridized carbons (Fsp3) is 0.417. The molecule has 0 bridgehead atoms. The summed E-state index contributed by atoms with van der Waals surface area (Å²) in [6, 6.07) is 7.76. The third kappa shape index (κ3) is 3.43. The third-order valence-electron chi connectivity index (χ3n) is 2.86. The van der Waals surface area contributed by atoms with Crippen LogP contribution in [0.15, 0.2) is 24.3 Å². The van der Waals surface area contributed by atoms with Gasteiger partial charge in [0, 0.05) is 17.6 Å². The summed E-state index contributed by atoms with van der Waals surface area (Å²) in [5.74, 6) is 0.0228. The molecule has 1 aromatic rings. The van der Waals surface area contributed by atoms with Crippen molar-refractivity contribution in [3.63, 3.8) is 0 Å². The molecule has 1 heterocycles. The number of hydrazine groups is 1. The van der Waals surface area contributed by atoms with Gasteiger partial charge < -0.3 is 5.32 Å². The molecule has 2 rings (SSSR count). The smallest absolute Gasteiger partial charge is 0.224 e. The van der Waals surface area contributed by atoms with Crippen LogP contribution in [0.5, 0.6) is 0 Å². The number of carbonyl (C=O) groups excluding carboxylic acids is 1. The van der Waals surface area contributed by atoms with Crippen molar-refractivity contribution in [2.75, 3.05) is 6.54 Å². The molecule has 2 atom stereocenters. The normalized spacial score (nSPS) is 23.6. The molecule has 0 radical (unpaired) electrons. The molecule has 1 fully saturated rings. The molecule has 1 aromatic carbocycles. The lowest BCUT2D eigenvalue weighted by molar-refractivity contribution is -0.121. The van der Waals surface area contributed by atoms with E-state index < -0.39 is 0 Å². The fourth-order valence-electron chi connectivity index (χ4n) is 1.87. The molecule has 1 aliphatic heterocycles. The lowest BCUT2D eigenvalue weighted by Crippen LogP contribution is -2.43. The Labute approximate surface area is 106 Å². The SMILES string of the molecule is CC1NNCC1NC(=O)Cc1cccc(Cl)c1. The van der Waals surface area contributed by atoms with Crippen LogP contribution in [-0.2, 0) is 11.2 Å². The van der Waals surface area contributed by atoms with E-state index in [2.05, 4.69) is 16.2 Å². The molecular weight excluding hydrogens is 238 g/mol. The van der Waals surface area contributed by atoms with Crippen LogP contribution in [0.4, 0.5) is 0 Å². The van der Waals surface area contributed by atoms with Gasteiger partial charge in [-0.15, -0.1) is 0 Å². The first-order valence-corrected chi connectivity index (χ1v) is 6.05. The third-order valence-corrected chi connectivity index (χ3v) is 3.09. The Bertz CT molecular complexity index is 410. The largest absolute Gasteiger partial charge is 0.350 e. The van der Waals surface area contributed by atoms with Gasteiger partial charge in [-0.1, -0.05) is 23.7 Å². The van der Waals surface area contributed by atoms with E-state index in [4.69, 9.17) is 11.6 Å². The van der Waals surface area contributed by atoms with E-state index in [0.29, 0.717) is 11.4 Å². The van der Waals surface area contributed by atoms with Gasteiger partial charge in [-0.05, 0) is 24.6 Å². The standard InChI is InChI=1S/C12H16ClN3O/c1-8-11(7-14-16-8)15-12(17)6-9-3-2-4-10(13)5-9/h2-5,8,11,14,16H,6-7H2,1H3,(H,15,17). The van der Waals surface area contributed by atoms with E-state index in [1.165, 1.54) is 0 Å². The maximum Gasteiger partial charge on any atom is 0.224 e. The first kappa shape index (κ1) is 12.4. The Hall–Kier alpha value is -1.10. The lowest BCUT2D eigenvalue weighted by Gasteiger charge is -2.15. The summed E-state index contributed by atoms with van der Waals surface area (Å²) in [5, 5.41) is 3.65. The molecule has 0 spiro atoms. The van der Waals surface area contributed by atoms with Crippen molar-refractivity contribution in [2.24, 2.45) is 0 Å². The molecule has 0 saturated carbocycles. The van der Waals surface area contributed by atoms with Gasteiger partial charge in [0.1, 0.15) is 0 Å². The number of carbonyl (C=O) groups is 1. The molecule has 3 N–H and O–H groups in total. The first-order valence-electron chi connectivity index (χ1n) is 5.67. The monoisotopic (exact) mass is 253 g/mol. The number of hydrogen-bond donors (Lipinski definition) is 3. The highest BCUT2D eigenvalue weighted by molar-refractivity contribution is 6.30. The van der Waals surface area contributed by atoms with E-state index >= 15 is 0 Å². The van der Waals surface area contributed by atoms with E-state index in [1.807, 2.05) is 25.1 Å². The summed E-state index contributed by atoms with van der Waals surface area (Å²) >= 11 is 5.87. The van der Waals surface area contributed by atoms with Gasteiger partial charge in [0.25, 0.3) is 0 Å². The summed E-state index contributed by atoms with van der Waals surface area (Å²) in [5.41, 5.74) is 7.01. The second kappa shape index (κ2) is 5.49. The van der Waals surface area contributed by atoms with Crippen molar-refractivity contribution in [1.82, 2.24) is 16.2 Å². The van der Waals surface area contributed by atoms with Gasteiger partial charge in [0.15, 0.2) is 0 Å². The van der Waals surface area contributed by atoms with Gasteiger partial charge in [0.05, 0.1) is 12.5 Å². The average Bonchev–Trinajstić information content (AvgIpc) is 2.64. The molecular formula is C12H16ClN3O. The summed E-state index contributed by atoms with van der Waals surface area (Å²) in [6.45, 7) is 2.78. The van der Waals surface area contributed by atoms with Crippen molar-refractivity contribution >= 4 is 17.5 Å². The second-order valence-electron chi connectivity index (χ2n) is 4.29. The van der Waals surface area contributed by atoms with E-state index in [9.17, 15) is 4.79 Å². The molecule has 4 nitrogen and oxygen atoms in total. The summed E-state index contributed by atoms with van der Waals surface area (Å²) in [4.78, 5) is 11.8. The predicted molar refractivity (Wildman–Crippen MR) is 67.7 cm³/mol. The Morgan fingerprint density at radius 2 is 2.41 bits per heavy atom. The number of nitrogens with one attached hydrogen (secondary N) is 3. The van der Waals surface area contributed by atoms with Gasteiger partial charge in [0.2, 0.25) is 5.91 Å². The zero-order valence-electron chi connectivity index (χ0n) is 9.66. The maximum absolute atomic E-state index is 11.8. The topological polar surface area (TPSA) is 53.2 Å². The van der Waals surface area contributed by atoms with Crippen molar-refractivity contribution < 1.29 is 4.79 Å². The molecule has 1 amide bonds. The molecule has 0 aromatic heterocycles. The van der Waals surface area contributed by atoms with Crippen LogP contribution in [0.3, 0.4) is 0 Å². The quantitative estimate of drug-likeness (QED) is 0.749. The lowest BCUT2D eigenvalue weighted by atomic mass is 10.1. The van der Waals surface area contributed by atoms with Gasteiger partial charge in [-0.25, -0.2) is 0 Å². The fourth-order valence-corrected chi connectivity index (χ4v) is 2.09. The molecule has 92 valence electrons. The average molecular weight is 254 g/mol. The van der Waals surface area contributed by atoms with Crippen LogP contribution in [-0.4, -0.2) is 24.5 Å². The first-order chi connectivity index (χ1) is 8.15. The molecule has 5 heteroatoms. The Balaban J connectivity index is 1.89. The summed E-state index contributed by atoms with van der Waals surface area (Å²) in [6.07, 6.45) is 0.365. The molecule has 2 unspecified atom stereocenters. The van der Waals surface area contributed by atoms with Crippen molar-refractivity contribution in [3.8, 4) is 0 Å². The zero-order valence-corrected chi connectivity index (χ0v) is 10.4. The highest BCUT2D eigenvalue weighted by Gasteiger charge is 2.23. The van der Waals surface area contributed by atoms with Gasteiger partial charge >= 0.3 is 0 Å². The maximum atomic E-state index is 11.8. The van der Waals surface area contributed by atoms with Crippen LogP contribution < -0.4 is 16.2 Å². The zero-order chi connectivity index (χ0) is 12.3. The van der Waals surface area contributed by atoms with E-state index in [-0.39, 0.29) is 18.0 Å². The van der Waals surface area contributed by atoms with Crippen LogP contribution in [0.2, 0.25) is 5.02 Å². The second-order valence-corrected chi connectivity index (χ2v) is 4.73. The van der Waals surface area contributed by atoms with Gasteiger partial charge in [-0.3, -0.25) is 15.6 Å². The number of rotatable bonds is 3. The number of benzene rings is 1. The molecule has 0 aliphatic carbocycles. The van der Waals surface area contributed by atoms with Crippen molar-refractivity contribution in [3.05, 3.63) is 34.9 Å². The highest BCUT2D eigenvalue weighted by Crippen LogP contribution is 2.11. The molecule has 17 heavy (non-hydrogen) atoms. The van der Waals surface area contributed by atoms with Crippen LogP contribution in [0, 0.1) is 0 Å². The van der Waals surface area contributed by atoms with E-state index in [0.717, 1.165) is 12.1 Å². The Kier molecular flexibility index (Phi) is 3.99. The highest BCUT2D eigenvalue weighted by atomic mass is 35.5. The predicted octanol–water partition coefficient (Wildman–Crippen LogP) is 0.864. The molecule has 1 aliphatic rings. The van der Waals surface area contributed by atoms with E-state index in [1.54, 1.807) is 6.07 Å². The summed E-state index contributed by atoms with van der Waals surface area (Å²) in [7, 11) is 0. The molecule has 1 saturated heterocycles. The van der Waals surface area contributed by atoms with Gasteiger partial charge in [-0.2, -0.15) is 0 Å². The minimum absolute atomic E-state index is 0.0228. The number of amides is 1. The van der Waals surface area contributed by atoms with Crippen molar-refractivity contribution in [2.45, 2.75) is 25.4 Å². The minimum atomic E-state index is 0.0228. The minimum Gasteiger partial charge on any atom is -0.350 e. The number of halogens is 1. The van der Waals surface area contributed by atoms with Crippen LogP contribution in [0.25, 0.3) is 0 Å². The summed E-state index contributed by atoms with van der Waals surface area (Å²) < 4.78 is 0.